The van der Waals surface area contributed by atoms with Gasteiger partial charge in [-0.05, 0) is 30.6 Å². The van der Waals surface area contributed by atoms with Crippen molar-refractivity contribution >= 4 is 0 Å². The molecule has 1 rings (SSSR count). The molecule has 0 amide bonds. The fraction of sp³-hybridized carbons (Fsp3) is 1.00. The summed E-state index contributed by atoms with van der Waals surface area (Å²) in [6.07, 6.45) is 10.7. The van der Waals surface area contributed by atoms with E-state index in [0.717, 1.165) is 5.92 Å². The van der Waals surface area contributed by atoms with E-state index in [1.165, 1.54) is 51.4 Å². The Hall–Kier alpha value is -0.0400. The van der Waals surface area contributed by atoms with Crippen LogP contribution >= 0.6 is 0 Å². The molecular formula is C14H29N. The smallest absolute Gasteiger partial charge is 0.00441 e. The molecule has 3 atom stereocenters. The molecule has 0 aromatic rings. The highest BCUT2D eigenvalue weighted by Crippen LogP contribution is 2.42. The van der Waals surface area contributed by atoms with Gasteiger partial charge in [0.1, 0.15) is 0 Å². The third-order valence-corrected chi connectivity index (χ3v) is 4.48. The van der Waals surface area contributed by atoms with Gasteiger partial charge in [0.05, 0.1) is 0 Å². The van der Waals surface area contributed by atoms with Gasteiger partial charge in [-0.3, -0.25) is 0 Å². The minimum Gasteiger partial charge on any atom is -0.328 e. The van der Waals surface area contributed by atoms with Crippen molar-refractivity contribution < 1.29 is 0 Å². The van der Waals surface area contributed by atoms with Gasteiger partial charge in [-0.2, -0.15) is 0 Å². The van der Waals surface area contributed by atoms with E-state index in [2.05, 4.69) is 20.8 Å². The highest BCUT2D eigenvalue weighted by atomic mass is 14.6. The first-order valence-corrected chi connectivity index (χ1v) is 6.84. The van der Waals surface area contributed by atoms with Gasteiger partial charge in [0.2, 0.25) is 0 Å². The van der Waals surface area contributed by atoms with Crippen molar-refractivity contribution in [1.29, 1.82) is 0 Å². The molecule has 1 nitrogen and oxygen atoms in total. The molecule has 0 heterocycles. The van der Waals surface area contributed by atoms with E-state index in [-0.39, 0.29) is 0 Å². The molecular weight excluding hydrogens is 182 g/mol. The Morgan fingerprint density at radius 1 is 1.40 bits per heavy atom. The van der Waals surface area contributed by atoms with Gasteiger partial charge in [0, 0.05) is 6.04 Å². The van der Waals surface area contributed by atoms with E-state index in [1.807, 2.05) is 0 Å². The van der Waals surface area contributed by atoms with Crippen LogP contribution in [0.5, 0.6) is 0 Å². The van der Waals surface area contributed by atoms with Gasteiger partial charge >= 0.3 is 0 Å². The van der Waals surface area contributed by atoms with E-state index in [4.69, 9.17) is 5.73 Å². The molecule has 3 unspecified atom stereocenters. The molecule has 0 spiro atoms. The van der Waals surface area contributed by atoms with Crippen LogP contribution in [0.2, 0.25) is 0 Å². The second-order valence-electron chi connectivity index (χ2n) is 5.91. The first kappa shape index (κ1) is 13.0. The molecule has 0 radical (unpaired) electrons. The summed E-state index contributed by atoms with van der Waals surface area (Å²) in [5, 5.41) is 0. The summed E-state index contributed by atoms with van der Waals surface area (Å²) in [5.41, 5.74) is 6.70. The standard InChI is InChI=1S/C14H29N/c1-4-5-8-12(2)14(3)10-7-6-9-13(15)11-14/h12-13H,4-11,15H2,1-3H3. The van der Waals surface area contributed by atoms with Gasteiger partial charge in [0.25, 0.3) is 0 Å². The van der Waals surface area contributed by atoms with Crippen LogP contribution in [0.1, 0.15) is 72.1 Å². The van der Waals surface area contributed by atoms with E-state index in [9.17, 15) is 0 Å². The molecule has 0 aromatic heterocycles. The minimum absolute atomic E-state index is 0.460. The molecule has 90 valence electrons. The molecule has 1 heteroatoms. The highest BCUT2D eigenvalue weighted by Gasteiger charge is 2.33. The molecule has 0 saturated heterocycles. The Balaban J connectivity index is 2.53. The van der Waals surface area contributed by atoms with Crippen LogP contribution in [0, 0.1) is 11.3 Å². The fourth-order valence-electron chi connectivity index (χ4n) is 3.04. The van der Waals surface area contributed by atoms with Crippen molar-refractivity contribution in [3.05, 3.63) is 0 Å². The Morgan fingerprint density at radius 2 is 2.13 bits per heavy atom. The number of unbranched alkanes of at least 4 members (excludes halogenated alkanes) is 1. The lowest BCUT2D eigenvalue weighted by Gasteiger charge is -2.36. The Labute approximate surface area is 95.8 Å². The van der Waals surface area contributed by atoms with E-state index >= 15 is 0 Å². The Kier molecular flexibility index (Phi) is 5.11. The van der Waals surface area contributed by atoms with Crippen LogP contribution in [-0.2, 0) is 0 Å². The largest absolute Gasteiger partial charge is 0.328 e. The van der Waals surface area contributed by atoms with Crippen LogP contribution in [0.15, 0.2) is 0 Å². The van der Waals surface area contributed by atoms with Crippen molar-refractivity contribution in [2.45, 2.75) is 78.2 Å². The van der Waals surface area contributed by atoms with Gasteiger partial charge in [0.15, 0.2) is 0 Å². The summed E-state index contributed by atoms with van der Waals surface area (Å²) in [6, 6.07) is 0.460. The molecule has 0 aliphatic heterocycles. The average Bonchev–Trinajstić information content (AvgIpc) is 2.37. The monoisotopic (exact) mass is 211 g/mol. The maximum absolute atomic E-state index is 6.18. The van der Waals surface area contributed by atoms with E-state index in [0.29, 0.717) is 11.5 Å². The average molecular weight is 211 g/mol. The van der Waals surface area contributed by atoms with E-state index in [1.54, 1.807) is 0 Å². The first-order valence-electron chi connectivity index (χ1n) is 6.84. The Morgan fingerprint density at radius 3 is 2.80 bits per heavy atom. The summed E-state index contributed by atoms with van der Waals surface area (Å²) < 4.78 is 0. The molecule has 15 heavy (non-hydrogen) atoms. The summed E-state index contributed by atoms with van der Waals surface area (Å²) in [7, 11) is 0. The number of hydrogen-bond donors (Lipinski definition) is 1. The highest BCUT2D eigenvalue weighted by molar-refractivity contribution is 4.86. The minimum atomic E-state index is 0.460. The third kappa shape index (κ3) is 3.79. The summed E-state index contributed by atoms with van der Waals surface area (Å²) >= 11 is 0. The predicted octanol–water partition coefficient (Wildman–Crippen LogP) is 4.11. The normalized spacial score (nSPS) is 34.8. The second-order valence-corrected chi connectivity index (χ2v) is 5.91. The van der Waals surface area contributed by atoms with Crippen molar-refractivity contribution in [2.24, 2.45) is 17.1 Å². The van der Waals surface area contributed by atoms with Gasteiger partial charge < -0.3 is 5.73 Å². The lowest BCUT2D eigenvalue weighted by atomic mass is 9.70. The topological polar surface area (TPSA) is 26.0 Å². The van der Waals surface area contributed by atoms with Gasteiger partial charge in [-0.1, -0.05) is 52.9 Å². The maximum Gasteiger partial charge on any atom is 0.00441 e. The molecule has 1 fully saturated rings. The Bertz CT molecular complexity index is 178. The zero-order chi connectivity index (χ0) is 11.3. The van der Waals surface area contributed by atoms with Gasteiger partial charge in [-0.25, -0.2) is 0 Å². The van der Waals surface area contributed by atoms with Crippen LogP contribution in [0.4, 0.5) is 0 Å². The van der Waals surface area contributed by atoms with Crippen LogP contribution in [-0.4, -0.2) is 6.04 Å². The maximum atomic E-state index is 6.18. The molecule has 0 aromatic carbocycles. The van der Waals surface area contributed by atoms with Crippen molar-refractivity contribution in [3.63, 3.8) is 0 Å². The van der Waals surface area contributed by atoms with E-state index < -0.39 is 0 Å². The SMILES string of the molecule is CCCCC(C)C1(C)CCCCC(N)C1. The predicted molar refractivity (Wildman–Crippen MR) is 67.9 cm³/mol. The second kappa shape index (κ2) is 5.89. The fourth-order valence-corrected chi connectivity index (χ4v) is 3.04. The summed E-state index contributed by atoms with van der Waals surface area (Å²) in [4.78, 5) is 0. The van der Waals surface area contributed by atoms with Crippen LogP contribution < -0.4 is 5.73 Å². The third-order valence-electron chi connectivity index (χ3n) is 4.48. The summed E-state index contributed by atoms with van der Waals surface area (Å²) in [6.45, 7) is 7.19. The lowest BCUT2D eigenvalue weighted by Crippen LogP contribution is -2.32. The molecule has 1 aliphatic rings. The number of rotatable bonds is 4. The van der Waals surface area contributed by atoms with Crippen molar-refractivity contribution in [2.75, 3.05) is 0 Å². The quantitative estimate of drug-likeness (QED) is 0.696. The molecule has 2 N–H and O–H groups in total. The zero-order valence-corrected chi connectivity index (χ0v) is 10.9. The number of hydrogen-bond acceptors (Lipinski definition) is 1. The van der Waals surface area contributed by atoms with Crippen molar-refractivity contribution in [1.82, 2.24) is 0 Å². The molecule has 1 aliphatic carbocycles. The zero-order valence-electron chi connectivity index (χ0n) is 10.9. The molecule has 0 bridgehead atoms. The van der Waals surface area contributed by atoms with Crippen LogP contribution in [0.25, 0.3) is 0 Å². The van der Waals surface area contributed by atoms with Crippen molar-refractivity contribution in [3.8, 4) is 0 Å². The number of nitrogens with two attached hydrogens (primary N) is 1. The van der Waals surface area contributed by atoms with Gasteiger partial charge in [-0.15, -0.1) is 0 Å². The lowest BCUT2D eigenvalue weighted by molar-refractivity contribution is 0.151. The first-order chi connectivity index (χ1) is 7.08. The van der Waals surface area contributed by atoms with Crippen LogP contribution in [0.3, 0.4) is 0 Å². The summed E-state index contributed by atoms with van der Waals surface area (Å²) in [5.74, 6) is 0.849. The molecule has 1 saturated carbocycles.